The summed E-state index contributed by atoms with van der Waals surface area (Å²) in [6.07, 6.45) is 5.28. The molecule has 0 saturated carbocycles. The van der Waals surface area contributed by atoms with E-state index in [9.17, 15) is 4.39 Å². The number of ether oxygens (including phenoxy) is 3. The highest BCUT2D eigenvalue weighted by Gasteiger charge is 2.56. The number of nitrogens with zero attached hydrogens (tertiary/aromatic N) is 5. The molecular formula is C19H28FN7O3. The quantitative estimate of drug-likeness (QED) is 0.590. The fourth-order valence-corrected chi connectivity index (χ4v) is 4.04. The van der Waals surface area contributed by atoms with Crippen molar-refractivity contribution in [2.24, 2.45) is 5.73 Å². The van der Waals surface area contributed by atoms with Gasteiger partial charge in [-0.2, -0.15) is 0 Å². The third-order valence-electron chi connectivity index (χ3n) is 5.29. The molecule has 10 nitrogen and oxygen atoms in total. The summed E-state index contributed by atoms with van der Waals surface area (Å²) in [5.74, 6) is -0.459. The lowest BCUT2D eigenvalue weighted by Crippen LogP contribution is -2.41. The van der Waals surface area contributed by atoms with E-state index in [-0.39, 0.29) is 18.3 Å². The summed E-state index contributed by atoms with van der Waals surface area (Å²) >= 11 is 0. The highest BCUT2D eigenvalue weighted by Crippen LogP contribution is 2.44. The molecular weight excluding hydrogens is 393 g/mol. The van der Waals surface area contributed by atoms with Crippen molar-refractivity contribution in [2.75, 3.05) is 38.6 Å². The van der Waals surface area contributed by atoms with E-state index >= 15 is 0 Å². The molecule has 0 aromatic carbocycles. The molecule has 0 spiro atoms. The Kier molecular flexibility index (Phi) is 5.98. The fraction of sp³-hybridized carbons (Fsp3) is 0.632. The molecule has 0 unspecified atom stereocenters. The van der Waals surface area contributed by atoms with Gasteiger partial charge in [0.05, 0.1) is 6.33 Å². The maximum Gasteiger partial charge on any atom is 0.167 e. The minimum absolute atomic E-state index is 0.291. The zero-order chi connectivity index (χ0) is 21.3. The first kappa shape index (κ1) is 21.1. The van der Waals surface area contributed by atoms with Gasteiger partial charge in [0.25, 0.3) is 0 Å². The molecule has 4 heterocycles. The first-order valence-corrected chi connectivity index (χ1v) is 10.0. The molecule has 2 aliphatic heterocycles. The average Bonchev–Trinajstić information content (AvgIpc) is 3.34. The summed E-state index contributed by atoms with van der Waals surface area (Å²) < 4.78 is 33.6. The SMILES string of the molecule is CC1(C)O[C@@H]2[C@H](O1)[C@@H](CN(C/C=C\CN)CCF)O[C@H]2n1cnc2c(N)ncnc21. The Labute approximate surface area is 174 Å². The Morgan fingerprint density at radius 3 is 2.80 bits per heavy atom. The number of nitrogen functional groups attached to an aromatic ring is 1. The molecule has 11 heteroatoms. The van der Waals surface area contributed by atoms with E-state index in [0.717, 1.165) is 0 Å². The summed E-state index contributed by atoms with van der Waals surface area (Å²) in [4.78, 5) is 14.6. The van der Waals surface area contributed by atoms with Crippen LogP contribution in [0.3, 0.4) is 0 Å². The van der Waals surface area contributed by atoms with Crippen LogP contribution in [0.5, 0.6) is 0 Å². The molecule has 2 aliphatic rings. The zero-order valence-electron chi connectivity index (χ0n) is 17.1. The number of halogens is 1. The van der Waals surface area contributed by atoms with E-state index in [1.165, 1.54) is 6.33 Å². The van der Waals surface area contributed by atoms with Crippen molar-refractivity contribution in [3.63, 3.8) is 0 Å². The second kappa shape index (κ2) is 8.52. The Morgan fingerprint density at radius 2 is 2.03 bits per heavy atom. The predicted octanol–water partition coefficient (Wildman–Crippen LogP) is 0.612. The lowest BCUT2D eigenvalue weighted by Gasteiger charge is -2.28. The van der Waals surface area contributed by atoms with Gasteiger partial charge in [-0.05, 0) is 13.8 Å². The van der Waals surface area contributed by atoms with Gasteiger partial charge in [0.2, 0.25) is 0 Å². The highest BCUT2D eigenvalue weighted by molar-refractivity contribution is 5.81. The number of anilines is 1. The number of hydrogen-bond acceptors (Lipinski definition) is 9. The Morgan fingerprint density at radius 1 is 1.23 bits per heavy atom. The van der Waals surface area contributed by atoms with E-state index < -0.39 is 18.7 Å². The van der Waals surface area contributed by atoms with Crippen molar-refractivity contribution in [3.05, 3.63) is 24.8 Å². The molecule has 0 amide bonds. The third kappa shape index (κ3) is 4.03. The molecule has 30 heavy (non-hydrogen) atoms. The molecule has 164 valence electrons. The number of alkyl halides is 1. The van der Waals surface area contributed by atoms with Crippen molar-refractivity contribution in [1.82, 2.24) is 24.4 Å². The summed E-state index contributed by atoms with van der Waals surface area (Å²) in [6.45, 7) is 5.08. The maximum atomic E-state index is 13.1. The first-order valence-electron chi connectivity index (χ1n) is 10.0. The number of imidazole rings is 1. The molecule has 4 N–H and O–H groups in total. The van der Waals surface area contributed by atoms with Gasteiger partial charge in [-0.1, -0.05) is 12.2 Å². The van der Waals surface area contributed by atoms with Crippen LogP contribution in [0.25, 0.3) is 11.2 Å². The summed E-state index contributed by atoms with van der Waals surface area (Å²) in [6, 6.07) is 0. The molecule has 2 aromatic rings. The lowest BCUT2D eigenvalue weighted by atomic mass is 10.1. The van der Waals surface area contributed by atoms with E-state index in [1.807, 2.05) is 30.9 Å². The van der Waals surface area contributed by atoms with Crippen LogP contribution in [0.2, 0.25) is 0 Å². The van der Waals surface area contributed by atoms with Gasteiger partial charge in [-0.25, -0.2) is 19.3 Å². The van der Waals surface area contributed by atoms with Gasteiger partial charge in [0.15, 0.2) is 23.5 Å². The normalized spacial score (nSPS) is 28.2. The zero-order valence-corrected chi connectivity index (χ0v) is 17.1. The van der Waals surface area contributed by atoms with Crippen LogP contribution in [-0.2, 0) is 14.2 Å². The van der Waals surface area contributed by atoms with Gasteiger partial charge in [0, 0.05) is 26.2 Å². The Bertz CT molecular complexity index is 905. The number of aromatic nitrogens is 4. The lowest BCUT2D eigenvalue weighted by molar-refractivity contribution is -0.197. The number of hydrogen-bond donors (Lipinski definition) is 2. The van der Waals surface area contributed by atoms with Crippen LogP contribution in [0.15, 0.2) is 24.8 Å². The van der Waals surface area contributed by atoms with Crippen molar-refractivity contribution in [1.29, 1.82) is 0 Å². The standard InChI is InChI=1S/C19H28FN7O3/c1-19(2)29-14-12(9-26(8-5-20)7-4-3-6-21)28-18(15(14)30-19)27-11-25-13-16(22)23-10-24-17(13)27/h3-4,10-12,14-15,18H,5-9,21H2,1-2H3,(H2,22,23,24)/b4-3-/t12-,14-,15-,18-/m1/s1. The largest absolute Gasteiger partial charge is 0.382 e. The van der Waals surface area contributed by atoms with Gasteiger partial charge >= 0.3 is 0 Å². The molecule has 4 rings (SSSR count). The monoisotopic (exact) mass is 421 g/mol. The van der Waals surface area contributed by atoms with E-state index in [4.69, 9.17) is 25.7 Å². The minimum atomic E-state index is -0.760. The van der Waals surface area contributed by atoms with Crippen LogP contribution in [0.4, 0.5) is 10.2 Å². The second-order valence-electron chi connectivity index (χ2n) is 7.87. The molecule has 2 aromatic heterocycles. The van der Waals surface area contributed by atoms with Gasteiger partial charge in [-0.3, -0.25) is 9.47 Å². The molecule has 0 radical (unpaired) electrons. The Hall–Kier alpha value is -2.18. The summed E-state index contributed by atoms with van der Waals surface area (Å²) in [5.41, 5.74) is 12.5. The van der Waals surface area contributed by atoms with E-state index in [2.05, 4.69) is 15.0 Å². The highest BCUT2D eigenvalue weighted by atomic mass is 19.1. The molecule has 0 aliphatic carbocycles. The fourth-order valence-electron chi connectivity index (χ4n) is 4.04. The minimum Gasteiger partial charge on any atom is -0.382 e. The molecule has 2 saturated heterocycles. The van der Waals surface area contributed by atoms with Crippen LogP contribution in [0.1, 0.15) is 20.1 Å². The molecule has 0 bridgehead atoms. The van der Waals surface area contributed by atoms with Crippen LogP contribution >= 0.6 is 0 Å². The van der Waals surface area contributed by atoms with E-state index in [0.29, 0.717) is 43.2 Å². The van der Waals surface area contributed by atoms with Crippen molar-refractivity contribution in [3.8, 4) is 0 Å². The van der Waals surface area contributed by atoms with E-state index in [1.54, 1.807) is 10.9 Å². The van der Waals surface area contributed by atoms with Gasteiger partial charge in [-0.15, -0.1) is 0 Å². The van der Waals surface area contributed by atoms with Crippen LogP contribution in [-0.4, -0.2) is 81.4 Å². The maximum absolute atomic E-state index is 13.1. The van der Waals surface area contributed by atoms with Crippen LogP contribution in [0, 0.1) is 0 Å². The summed E-state index contributed by atoms with van der Waals surface area (Å²) in [5, 5.41) is 0. The summed E-state index contributed by atoms with van der Waals surface area (Å²) in [7, 11) is 0. The predicted molar refractivity (Wildman–Crippen MR) is 108 cm³/mol. The molecule has 2 fully saturated rings. The third-order valence-corrected chi connectivity index (χ3v) is 5.29. The number of nitrogens with two attached hydrogens (primary N) is 2. The van der Waals surface area contributed by atoms with Gasteiger partial charge in [0.1, 0.15) is 36.8 Å². The second-order valence-corrected chi connectivity index (χ2v) is 7.87. The topological polar surface area (TPSA) is 127 Å². The van der Waals surface area contributed by atoms with Crippen molar-refractivity contribution in [2.45, 2.75) is 44.2 Å². The van der Waals surface area contributed by atoms with Crippen molar-refractivity contribution < 1.29 is 18.6 Å². The van der Waals surface area contributed by atoms with Crippen molar-refractivity contribution >= 4 is 17.0 Å². The number of fused-ring (bicyclic) bond motifs is 2. The first-order chi connectivity index (χ1) is 14.4. The van der Waals surface area contributed by atoms with Gasteiger partial charge < -0.3 is 25.7 Å². The number of rotatable bonds is 8. The van der Waals surface area contributed by atoms with Crippen LogP contribution < -0.4 is 11.5 Å². The smallest absolute Gasteiger partial charge is 0.167 e. The molecule has 4 atom stereocenters. The average molecular weight is 421 g/mol. The Balaban J connectivity index is 1.60.